The van der Waals surface area contributed by atoms with Gasteiger partial charge in [0.15, 0.2) is 6.61 Å². The van der Waals surface area contributed by atoms with Gasteiger partial charge in [0.2, 0.25) is 0 Å². The Morgan fingerprint density at radius 3 is 2.74 bits per heavy atom. The largest absolute Gasteiger partial charge is 0.467 e. The number of aryl methyl sites for hydroxylation is 1. The molecule has 1 aromatic carbocycles. The second-order valence-corrected chi connectivity index (χ2v) is 8.23. The monoisotopic (exact) mass is 476 g/mol. The Hall–Kier alpha value is -4.09. The molecule has 0 aliphatic carbocycles. The predicted octanol–water partition coefficient (Wildman–Crippen LogP) is 4.92. The number of nitrogens with one attached hydrogen (secondary N) is 1. The summed E-state index contributed by atoms with van der Waals surface area (Å²) in [5, 5.41) is 13.6. The lowest BCUT2D eigenvalue weighted by Crippen LogP contribution is -2.23. The van der Waals surface area contributed by atoms with Gasteiger partial charge in [-0.25, -0.2) is 4.79 Å². The number of benzene rings is 1. The maximum atomic E-state index is 12.7. The molecule has 8 nitrogen and oxygen atoms in total. The van der Waals surface area contributed by atoms with E-state index >= 15 is 0 Å². The van der Waals surface area contributed by atoms with Crippen molar-refractivity contribution in [2.75, 3.05) is 11.9 Å². The number of fused-ring (bicyclic) bond motifs is 1. The molecule has 0 aliphatic rings. The summed E-state index contributed by atoms with van der Waals surface area (Å²) in [5.41, 5.74) is 3.33. The number of anilines is 1. The highest BCUT2D eigenvalue weighted by molar-refractivity contribution is 6.31. The van der Waals surface area contributed by atoms with Gasteiger partial charge in [0.25, 0.3) is 5.91 Å². The van der Waals surface area contributed by atoms with Gasteiger partial charge < -0.3 is 19.0 Å². The fourth-order valence-corrected chi connectivity index (χ4v) is 3.89. The number of pyridine rings is 1. The number of aromatic nitrogens is 2. The summed E-state index contributed by atoms with van der Waals surface area (Å²) in [5.74, 6) is -0.254. The van der Waals surface area contributed by atoms with Crippen LogP contribution < -0.4 is 5.32 Å². The standard InChI is InChI=1S/C25H21ClN4O4/c1-14-16(3)30(12-19-5-4-8-33-19)24(21(14)11-27)29-23(31)13-34-25(32)20-10-17-9-18(26)6-7-22(17)28-15(20)2/h4-10H,12-13H2,1-3H3,(H,29,31). The van der Waals surface area contributed by atoms with E-state index in [0.29, 0.717) is 45.3 Å². The summed E-state index contributed by atoms with van der Waals surface area (Å²) in [6.45, 7) is 5.17. The molecule has 1 N–H and O–H groups in total. The van der Waals surface area contributed by atoms with Gasteiger partial charge in [-0.05, 0) is 62.7 Å². The number of hydrogen-bond donors (Lipinski definition) is 1. The maximum absolute atomic E-state index is 12.7. The Kier molecular flexibility index (Phi) is 6.39. The molecular weight excluding hydrogens is 456 g/mol. The quantitative estimate of drug-likeness (QED) is 0.395. The highest BCUT2D eigenvalue weighted by Crippen LogP contribution is 2.27. The number of nitriles is 1. The van der Waals surface area contributed by atoms with Crippen molar-refractivity contribution >= 4 is 40.2 Å². The van der Waals surface area contributed by atoms with E-state index in [9.17, 15) is 14.9 Å². The molecule has 0 bridgehead atoms. The number of amides is 1. The molecule has 9 heteroatoms. The number of carbonyl (C=O) groups excluding carboxylic acids is 2. The average molecular weight is 477 g/mol. The Balaban J connectivity index is 1.51. The van der Waals surface area contributed by atoms with Gasteiger partial charge in [0.05, 0.1) is 35.1 Å². The van der Waals surface area contributed by atoms with E-state index in [1.807, 2.05) is 13.8 Å². The lowest BCUT2D eigenvalue weighted by atomic mass is 10.1. The van der Waals surface area contributed by atoms with E-state index in [4.69, 9.17) is 20.8 Å². The van der Waals surface area contributed by atoms with E-state index in [1.165, 1.54) is 0 Å². The van der Waals surface area contributed by atoms with E-state index in [0.717, 1.165) is 11.3 Å². The predicted molar refractivity (Wildman–Crippen MR) is 127 cm³/mol. The molecule has 0 radical (unpaired) electrons. The van der Waals surface area contributed by atoms with Crippen molar-refractivity contribution < 1.29 is 18.7 Å². The first-order valence-electron chi connectivity index (χ1n) is 10.4. The number of rotatable bonds is 6. The third-order valence-electron chi connectivity index (χ3n) is 5.61. The molecular formula is C25H21ClN4O4. The van der Waals surface area contributed by atoms with Crippen LogP contribution >= 0.6 is 11.6 Å². The highest BCUT2D eigenvalue weighted by Gasteiger charge is 2.21. The molecule has 172 valence electrons. The number of furan rings is 1. The van der Waals surface area contributed by atoms with Crippen LogP contribution in [0.15, 0.2) is 47.1 Å². The topological polar surface area (TPSA) is 110 Å². The van der Waals surface area contributed by atoms with Crippen molar-refractivity contribution in [1.82, 2.24) is 9.55 Å². The van der Waals surface area contributed by atoms with Gasteiger partial charge in [-0.1, -0.05) is 11.6 Å². The van der Waals surface area contributed by atoms with E-state index in [-0.39, 0.29) is 5.56 Å². The lowest BCUT2D eigenvalue weighted by Gasteiger charge is -2.12. The van der Waals surface area contributed by atoms with Crippen molar-refractivity contribution in [1.29, 1.82) is 5.26 Å². The van der Waals surface area contributed by atoms with Crippen LogP contribution in [0.2, 0.25) is 5.02 Å². The smallest absolute Gasteiger partial charge is 0.340 e. The lowest BCUT2D eigenvalue weighted by molar-refractivity contribution is -0.119. The van der Waals surface area contributed by atoms with Crippen LogP contribution in [-0.2, 0) is 16.1 Å². The van der Waals surface area contributed by atoms with E-state index in [2.05, 4.69) is 16.4 Å². The molecule has 3 aromatic heterocycles. The van der Waals surface area contributed by atoms with E-state index < -0.39 is 18.5 Å². The molecule has 1 amide bonds. The first-order valence-corrected chi connectivity index (χ1v) is 10.8. The molecule has 34 heavy (non-hydrogen) atoms. The average Bonchev–Trinajstić information content (AvgIpc) is 3.40. The van der Waals surface area contributed by atoms with Crippen molar-refractivity contribution in [3.8, 4) is 6.07 Å². The molecule has 0 saturated heterocycles. The number of ether oxygens (including phenoxy) is 1. The summed E-state index contributed by atoms with van der Waals surface area (Å²) in [7, 11) is 0. The fraction of sp³-hybridized carbons (Fsp3) is 0.200. The first-order chi connectivity index (χ1) is 16.3. The van der Waals surface area contributed by atoms with Crippen LogP contribution in [0.4, 0.5) is 5.82 Å². The summed E-state index contributed by atoms with van der Waals surface area (Å²) in [6, 6.07) is 12.5. The fourth-order valence-electron chi connectivity index (χ4n) is 3.71. The molecule has 4 rings (SSSR count). The van der Waals surface area contributed by atoms with Crippen LogP contribution in [-0.4, -0.2) is 28.0 Å². The summed E-state index contributed by atoms with van der Waals surface area (Å²) < 4.78 is 12.4. The normalized spacial score (nSPS) is 10.8. The molecule has 0 unspecified atom stereocenters. The van der Waals surface area contributed by atoms with Crippen molar-refractivity contribution in [3.63, 3.8) is 0 Å². The van der Waals surface area contributed by atoms with Crippen LogP contribution in [0.25, 0.3) is 10.9 Å². The van der Waals surface area contributed by atoms with Crippen molar-refractivity contribution in [2.45, 2.75) is 27.3 Å². The number of esters is 1. The number of carbonyl (C=O) groups is 2. The molecule has 0 aliphatic heterocycles. The zero-order chi connectivity index (χ0) is 24.4. The van der Waals surface area contributed by atoms with Crippen molar-refractivity contribution in [3.05, 3.63) is 81.5 Å². The van der Waals surface area contributed by atoms with Crippen LogP contribution in [0, 0.1) is 32.1 Å². The van der Waals surface area contributed by atoms with Gasteiger partial charge in [-0.2, -0.15) is 5.26 Å². The Labute approximate surface area is 200 Å². The summed E-state index contributed by atoms with van der Waals surface area (Å²) in [6.07, 6.45) is 1.56. The summed E-state index contributed by atoms with van der Waals surface area (Å²) in [4.78, 5) is 29.7. The molecule has 0 spiro atoms. The third-order valence-corrected chi connectivity index (χ3v) is 5.85. The molecule has 4 aromatic rings. The second kappa shape index (κ2) is 9.41. The number of hydrogen-bond acceptors (Lipinski definition) is 6. The van der Waals surface area contributed by atoms with Gasteiger partial charge in [0, 0.05) is 16.1 Å². The molecule has 0 atom stereocenters. The SMILES string of the molecule is Cc1nc2ccc(Cl)cc2cc1C(=O)OCC(=O)Nc1c(C#N)c(C)c(C)n1Cc1ccco1. The van der Waals surface area contributed by atoms with Gasteiger partial charge in [-0.15, -0.1) is 0 Å². The van der Waals surface area contributed by atoms with Gasteiger partial charge >= 0.3 is 5.97 Å². The minimum atomic E-state index is -0.680. The van der Waals surface area contributed by atoms with Crippen LogP contribution in [0.5, 0.6) is 0 Å². The highest BCUT2D eigenvalue weighted by atomic mass is 35.5. The van der Waals surface area contributed by atoms with Crippen molar-refractivity contribution in [2.24, 2.45) is 0 Å². The Bertz CT molecular complexity index is 1450. The maximum Gasteiger partial charge on any atom is 0.340 e. The minimum absolute atomic E-state index is 0.244. The second-order valence-electron chi connectivity index (χ2n) is 7.79. The summed E-state index contributed by atoms with van der Waals surface area (Å²) >= 11 is 6.04. The zero-order valence-corrected chi connectivity index (χ0v) is 19.6. The van der Waals surface area contributed by atoms with Gasteiger partial charge in [-0.3, -0.25) is 9.78 Å². The zero-order valence-electron chi connectivity index (χ0n) is 18.8. The molecule has 0 saturated carbocycles. The number of halogens is 1. The van der Waals surface area contributed by atoms with Crippen LogP contribution in [0.1, 0.15) is 38.6 Å². The molecule has 0 fully saturated rings. The van der Waals surface area contributed by atoms with E-state index in [1.54, 1.807) is 54.2 Å². The molecule has 3 heterocycles. The van der Waals surface area contributed by atoms with Crippen LogP contribution in [0.3, 0.4) is 0 Å². The first kappa shape index (κ1) is 23.1. The third kappa shape index (κ3) is 4.51. The number of nitrogens with zero attached hydrogens (tertiary/aromatic N) is 3. The Morgan fingerprint density at radius 2 is 2.03 bits per heavy atom. The van der Waals surface area contributed by atoms with Gasteiger partial charge in [0.1, 0.15) is 17.6 Å². The Morgan fingerprint density at radius 1 is 1.24 bits per heavy atom. The minimum Gasteiger partial charge on any atom is -0.467 e.